The summed E-state index contributed by atoms with van der Waals surface area (Å²) in [7, 11) is 0. The second-order valence-corrected chi connectivity index (χ2v) is 2.73. The normalized spacial score (nSPS) is 27.2. The number of primary amides is 1. The molecule has 0 aromatic carbocycles. The number of imide groups is 1. The van der Waals surface area contributed by atoms with Crippen LogP contribution in [0.5, 0.6) is 0 Å². The number of urea groups is 1. The zero-order valence-corrected chi connectivity index (χ0v) is 8.37. The van der Waals surface area contributed by atoms with Gasteiger partial charge in [0, 0.05) is 13.3 Å². The average Bonchev–Trinajstić information content (AvgIpc) is 2.09. The molecule has 1 heterocycles. The fourth-order valence-corrected chi connectivity index (χ4v) is 0.908. The Balaban J connectivity index is 0. The van der Waals surface area contributed by atoms with Crippen molar-refractivity contribution in [2.45, 2.75) is 25.8 Å². The van der Waals surface area contributed by atoms with Crippen LogP contribution in [0, 0.1) is 0 Å². The lowest BCUT2D eigenvalue weighted by Crippen LogP contribution is -3.00. The fraction of sp³-hybridized carbons (Fsp3) is 0.667. The van der Waals surface area contributed by atoms with Gasteiger partial charge in [-0.3, -0.25) is 10.1 Å². The molecule has 0 aromatic heterocycles. The molecule has 4 nitrogen and oxygen atoms in total. The minimum absolute atomic E-state index is 0. The molecule has 1 rings (SSSR count). The molecule has 1 atom stereocenters. The molecular formula is C6H11Cl2N2O2-. The molecule has 1 aliphatic rings. The fourth-order valence-electron chi connectivity index (χ4n) is 0.908. The van der Waals surface area contributed by atoms with Gasteiger partial charge in [-0.2, -0.15) is 0 Å². The molecule has 1 aliphatic heterocycles. The molecular weight excluding hydrogens is 203 g/mol. The maximum absolute atomic E-state index is 11.0. The molecule has 3 N–H and O–H groups in total. The average molecular weight is 214 g/mol. The van der Waals surface area contributed by atoms with Gasteiger partial charge in [-0.05, 0) is 0 Å². The van der Waals surface area contributed by atoms with E-state index in [0.717, 1.165) is 0 Å². The van der Waals surface area contributed by atoms with Gasteiger partial charge in [-0.1, -0.05) is 6.92 Å². The van der Waals surface area contributed by atoms with E-state index in [4.69, 9.17) is 0 Å². The van der Waals surface area contributed by atoms with Gasteiger partial charge in [0.05, 0.1) is 0 Å². The molecule has 1 fully saturated rings. The lowest BCUT2D eigenvalue weighted by atomic mass is 10.0. The van der Waals surface area contributed by atoms with Crippen LogP contribution in [0.4, 0.5) is 4.79 Å². The standard InChI is InChI=1S/C6H10N2O2.2ClH/c1-3-6(2)4(9)7-5(10)8-6;;/h3H2,1-2H3,(H2,7,8,9,10);2*1H/p-1. The maximum atomic E-state index is 11.0. The van der Waals surface area contributed by atoms with Crippen LogP contribution in [0.25, 0.3) is 0 Å². The summed E-state index contributed by atoms with van der Waals surface area (Å²) in [4.78, 5) is 21.6. The van der Waals surface area contributed by atoms with E-state index < -0.39 is 5.54 Å². The highest BCUT2D eigenvalue weighted by Gasteiger charge is 2.45. The number of quaternary nitrogens is 1. The molecule has 0 aliphatic carbocycles. The second-order valence-electron chi connectivity index (χ2n) is 2.73. The van der Waals surface area contributed by atoms with Crippen molar-refractivity contribution in [3.05, 3.63) is 0 Å². The van der Waals surface area contributed by atoms with Crippen molar-refractivity contribution < 1.29 is 39.7 Å². The van der Waals surface area contributed by atoms with E-state index in [-0.39, 0.29) is 36.8 Å². The van der Waals surface area contributed by atoms with Crippen molar-refractivity contribution in [3.63, 3.8) is 0 Å². The van der Waals surface area contributed by atoms with Crippen LogP contribution in [0.3, 0.4) is 0 Å². The smallest absolute Gasteiger partial charge is 0.420 e. The molecule has 0 bridgehead atoms. The van der Waals surface area contributed by atoms with Crippen LogP contribution in [0.1, 0.15) is 20.3 Å². The predicted octanol–water partition coefficient (Wildman–Crippen LogP) is -7.02. The summed E-state index contributed by atoms with van der Waals surface area (Å²) in [6.07, 6.45) is 0.671. The van der Waals surface area contributed by atoms with E-state index in [0.29, 0.717) is 6.42 Å². The summed E-state index contributed by atoms with van der Waals surface area (Å²) >= 11 is 0. The Kier molecular flexibility index (Phi) is 5.50. The van der Waals surface area contributed by atoms with Crippen molar-refractivity contribution in [1.29, 1.82) is 0 Å². The van der Waals surface area contributed by atoms with Crippen LogP contribution >= 0.6 is 0 Å². The molecule has 0 radical (unpaired) electrons. The third-order valence-corrected chi connectivity index (χ3v) is 1.94. The Labute approximate surface area is 83.3 Å². The van der Waals surface area contributed by atoms with Gasteiger partial charge in [0.25, 0.3) is 5.91 Å². The number of carbonyl (C=O) groups is 2. The van der Waals surface area contributed by atoms with Crippen LogP contribution in [-0.4, -0.2) is 17.5 Å². The molecule has 72 valence electrons. The predicted molar refractivity (Wildman–Crippen MR) is 34.2 cm³/mol. The van der Waals surface area contributed by atoms with Crippen molar-refractivity contribution in [2.75, 3.05) is 0 Å². The second kappa shape index (κ2) is 4.64. The minimum Gasteiger partial charge on any atom is -1.00 e. The van der Waals surface area contributed by atoms with Crippen molar-refractivity contribution in [1.82, 2.24) is 5.32 Å². The topological polar surface area (TPSA) is 62.8 Å². The summed E-state index contributed by atoms with van der Waals surface area (Å²) < 4.78 is 0. The van der Waals surface area contributed by atoms with Crippen molar-refractivity contribution in [3.8, 4) is 0 Å². The Morgan fingerprint density at radius 2 is 1.92 bits per heavy atom. The quantitative estimate of drug-likeness (QED) is 0.426. The summed E-state index contributed by atoms with van der Waals surface area (Å²) in [6.45, 7) is 3.64. The Morgan fingerprint density at radius 1 is 1.42 bits per heavy atom. The number of hydrogen-bond donors (Lipinski definition) is 2. The van der Waals surface area contributed by atoms with Gasteiger partial charge in [0.1, 0.15) is 0 Å². The van der Waals surface area contributed by atoms with E-state index in [1.807, 2.05) is 6.92 Å². The Hall–Kier alpha value is -0.320. The summed E-state index contributed by atoms with van der Waals surface area (Å²) in [5.74, 6) is -0.181. The van der Waals surface area contributed by atoms with Gasteiger partial charge in [-0.15, -0.1) is 0 Å². The van der Waals surface area contributed by atoms with E-state index in [9.17, 15) is 9.59 Å². The van der Waals surface area contributed by atoms with E-state index in [1.165, 1.54) is 5.32 Å². The number of hydrogen-bond acceptors (Lipinski definition) is 2. The molecule has 1 unspecified atom stereocenters. The number of carbonyl (C=O) groups excluding carboxylic acids is 2. The highest BCUT2D eigenvalue weighted by Crippen LogP contribution is 2.05. The lowest BCUT2D eigenvalue weighted by molar-refractivity contribution is -0.608. The third-order valence-electron chi connectivity index (χ3n) is 1.94. The number of nitrogens with two attached hydrogens (primary N) is 1. The molecule has 0 saturated carbocycles. The monoisotopic (exact) mass is 213 g/mol. The van der Waals surface area contributed by atoms with E-state index >= 15 is 0 Å². The Morgan fingerprint density at radius 3 is 2.08 bits per heavy atom. The minimum atomic E-state index is -0.558. The largest absolute Gasteiger partial charge is 1.00 e. The van der Waals surface area contributed by atoms with Crippen molar-refractivity contribution in [2.24, 2.45) is 0 Å². The SMILES string of the molecule is CCC1(C)[NH2+]C(=O)NC1=O.[Cl-].[Cl-]. The number of amides is 3. The highest BCUT2D eigenvalue weighted by molar-refractivity contribution is 5.99. The number of rotatable bonds is 1. The molecule has 1 saturated heterocycles. The molecule has 12 heavy (non-hydrogen) atoms. The first-order valence-electron chi connectivity index (χ1n) is 3.30. The molecule has 0 spiro atoms. The highest BCUT2D eigenvalue weighted by atomic mass is 35.5. The summed E-state index contributed by atoms with van der Waals surface area (Å²) in [5, 5.41) is 3.66. The third kappa shape index (κ3) is 2.33. The van der Waals surface area contributed by atoms with Gasteiger partial charge in [0.15, 0.2) is 5.54 Å². The zero-order chi connectivity index (χ0) is 7.78. The first-order chi connectivity index (χ1) is 4.58. The van der Waals surface area contributed by atoms with Crippen LogP contribution in [-0.2, 0) is 4.79 Å². The number of halogens is 2. The van der Waals surface area contributed by atoms with Crippen LogP contribution in [0.2, 0.25) is 0 Å². The zero-order valence-electron chi connectivity index (χ0n) is 6.86. The lowest BCUT2D eigenvalue weighted by Gasteiger charge is -2.11. The molecule has 3 amide bonds. The van der Waals surface area contributed by atoms with Crippen molar-refractivity contribution >= 4 is 11.9 Å². The molecule has 0 aromatic rings. The van der Waals surface area contributed by atoms with Crippen LogP contribution in [0.15, 0.2) is 0 Å². The molecule has 6 heteroatoms. The summed E-state index contributed by atoms with van der Waals surface area (Å²) in [5.41, 5.74) is -0.558. The summed E-state index contributed by atoms with van der Waals surface area (Å²) in [6, 6.07) is -0.269. The van der Waals surface area contributed by atoms with Gasteiger partial charge in [0.2, 0.25) is 0 Å². The van der Waals surface area contributed by atoms with Gasteiger partial charge >= 0.3 is 6.03 Å². The Bertz CT molecular complexity index is 198. The van der Waals surface area contributed by atoms with Gasteiger partial charge < -0.3 is 24.8 Å². The van der Waals surface area contributed by atoms with Gasteiger partial charge in [-0.25, -0.2) is 10.1 Å². The van der Waals surface area contributed by atoms with E-state index in [2.05, 4.69) is 5.32 Å². The van der Waals surface area contributed by atoms with Crippen LogP contribution < -0.4 is 35.4 Å². The maximum Gasteiger partial charge on any atom is 0.420 e. The first-order valence-corrected chi connectivity index (χ1v) is 3.30. The first kappa shape index (κ1) is 14.2. The number of nitrogens with one attached hydrogen (secondary N) is 1. The van der Waals surface area contributed by atoms with E-state index in [1.54, 1.807) is 6.92 Å².